The fourth-order valence-corrected chi connectivity index (χ4v) is 0.809. The van der Waals surface area contributed by atoms with Crippen LogP contribution in [0.1, 0.15) is 25.7 Å². The molecule has 0 aromatic rings. The zero-order chi connectivity index (χ0) is 9.94. The molecule has 0 aromatic heterocycles. The van der Waals surface area contributed by atoms with E-state index in [1.54, 1.807) is 0 Å². The Balaban J connectivity index is 3.04. The van der Waals surface area contributed by atoms with Crippen LogP contribution in [0.2, 0.25) is 0 Å². The highest BCUT2D eigenvalue weighted by Crippen LogP contribution is 1.98. The van der Waals surface area contributed by atoms with Crippen LogP contribution >= 0.6 is 0 Å². The first kappa shape index (κ1) is 11.8. The maximum Gasteiger partial charge on any atom is 0.404 e. The Morgan fingerprint density at radius 3 is 2.69 bits per heavy atom. The molecular weight excluding hydrogens is 170 g/mol. The standard InChI is InChI=1S/C9H15NO3/c10-9(12)13-8-6-4-2-1-3-5-7-11/h11H,1-2,4,6-8H2,(H2,10,12). The summed E-state index contributed by atoms with van der Waals surface area (Å²) in [5.74, 6) is 5.36. The van der Waals surface area contributed by atoms with Gasteiger partial charge in [-0.1, -0.05) is 5.92 Å². The number of primary amides is 1. The average Bonchev–Trinajstić information content (AvgIpc) is 2.09. The molecule has 0 aliphatic rings. The summed E-state index contributed by atoms with van der Waals surface area (Å²) in [5, 5.41) is 8.32. The van der Waals surface area contributed by atoms with Crippen molar-refractivity contribution in [2.75, 3.05) is 13.2 Å². The van der Waals surface area contributed by atoms with Gasteiger partial charge in [-0.05, 0) is 19.3 Å². The molecule has 0 bridgehead atoms. The van der Waals surface area contributed by atoms with Gasteiger partial charge in [0.15, 0.2) is 0 Å². The monoisotopic (exact) mass is 185 g/mol. The van der Waals surface area contributed by atoms with Crippen molar-refractivity contribution in [3.63, 3.8) is 0 Å². The van der Waals surface area contributed by atoms with Crippen LogP contribution < -0.4 is 5.73 Å². The highest BCUT2D eigenvalue weighted by atomic mass is 16.5. The minimum absolute atomic E-state index is 0.0786. The van der Waals surface area contributed by atoms with Crippen LogP contribution in [0, 0.1) is 11.8 Å². The maximum atomic E-state index is 10.1. The van der Waals surface area contributed by atoms with Gasteiger partial charge in [0.1, 0.15) is 6.61 Å². The van der Waals surface area contributed by atoms with Gasteiger partial charge in [-0.15, -0.1) is 5.92 Å². The lowest BCUT2D eigenvalue weighted by Gasteiger charge is -1.99. The van der Waals surface area contributed by atoms with Crippen LogP contribution in [-0.2, 0) is 4.74 Å². The summed E-state index contributed by atoms with van der Waals surface area (Å²) in [6, 6.07) is 0. The Morgan fingerprint density at radius 1 is 1.31 bits per heavy atom. The van der Waals surface area contributed by atoms with Crippen molar-refractivity contribution >= 4 is 6.09 Å². The third kappa shape index (κ3) is 10.8. The lowest BCUT2D eigenvalue weighted by Crippen LogP contribution is -2.13. The third-order valence-electron chi connectivity index (χ3n) is 1.39. The molecule has 0 saturated heterocycles. The Hall–Kier alpha value is -1.21. The molecule has 0 aliphatic heterocycles. The lowest BCUT2D eigenvalue weighted by atomic mass is 10.2. The summed E-state index contributed by atoms with van der Waals surface area (Å²) in [6.07, 6.45) is 2.77. The van der Waals surface area contributed by atoms with Gasteiger partial charge in [0.05, 0.1) is 6.61 Å². The number of nitrogens with two attached hydrogens (primary N) is 1. The second-order valence-electron chi connectivity index (χ2n) is 2.49. The summed E-state index contributed by atoms with van der Waals surface area (Å²) in [7, 11) is 0. The number of hydrogen-bond donors (Lipinski definition) is 2. The van der Waals surface area contributed by atoms with Crippen molar-refractivity contribution in [3.05, 3.63) is 0 Å². The van der Waals surface area contributed by atoms with Gasteiger partial charge in [0.25, 0.3) is 0 Å². The summed E-state index contributed by atoms with van der Waals surface area (Å²) < 4.78 is 4.53. The van der Waals surface area contributed by atoms with E-state index in [1.165, 1.54) is 0 Å². The van der Waals surface area contributed by atoms with Gasteiger partial charge in [0, 0.05) is 6.42 Å². The molecule has 0 spiro atoms. The molecular formula is C9H15NO3. The number of rotatable bonds is 5. The molecule has 1 amide bonds. The number of unbranched alkanes of at least 4 members (excludes halogenated alkanes) is 3. The van der Waals surface area contributed by atoms with E-state index in [0.717, 1.165) is 25.7 Å². The van der Waals surface area contributed by atoms with Crippen LogP contribution in [0.5, 0.6) is 0 Å². The van der Waals surface area contributed by atoms with Crippen molar-refractivity contribution in [2.45, 2.75) is 25.7 Å². The first-order valence-electron chi connectivity index (χ1n) is 4.26. The normalized spacial score (nSPS) is 8.69. The number of carbonyl (C=O) groups excluding carboxylic acids is 1. The van der Waals surface area contributed by atoms with Crippen LogP contribution in [0.15, 0.2) is 0 Å². The second kappa shape index (κ2) is 8.88. The highest BCUT2D eigenvalue weighted by molar-refractivity contribution is 5.64. The minimum atomic E-state index is -0.722. The van der Waals surface area contributed by atoms with Crippen molar-refractivity contribution in [3.8, 4) is 11.8 Å². The maximum absolute atomic E-state index is 10.1. The molecule has 0 saturated carbocycles. The van der Waals surface area contributed by atoms with E-state index >= 15 is 0 Å². The Morgan fingerprint density at radius 2 is 2.08 bits per heavy atom. The van der Waals surface area contributed by atoms with E-state index in [4.69, 9.17) is 10.8 Å². The molecule has 0 atom stereocenters. The summed E-state index contributed by atoms with van der Waals surface area (Å²) >= 11 is 0. The number of ether oxygens (including phenoxy) is 1. The molecule has 0 aromatic carbocycles. The highest BCUT2D eigenvalue weighted by Gasteiger charge is 1.92. The van der Waals surface area contributed by atoms with Crippen LogP contribution in [0.25, 0.3) is 0 Å². The Bertz CT molecular complexity index is 193. The first-order chi connectivity index (χ1) is 6.27. The van der Waals surface area contributed by atoms with Crippen molar-refractivity contribution in [2.24, 2.45) is 5.73 Å². The fraction of sp³-hybridized carbons (Fsp3) is 0.667. The van der Waals surface area contributed by atoms with E-state index in [9.17, 15) is 4.79 Å². The van der Waals surface area contributed by atoms with E-state index in [0.29, 0.717) is 6.61 Å². The van der Waals surface area contributed by atoms with E-state index < -0.39 is 6.09 Å². The molecule has 3 N–H and O–H groups in total. The quantitative estimate of drug-likeness (QED) is 0.487. The smallest absolute Gasteiger partial charge is 0.404 e. The molecule has 74 valence electrons. The largest absolute Gasteiger partial charge is 0.450 e. The summed E-state index contributed by atoms with van der Waals surface area (Å²) in [4.78, 5) is 10.1. The molecule has 0 unspecified atom stereocenters. The van der Waals surface area contributed by atoms with Gasteiger partial charge >= 0.3 is 6.09 Å². The molecule has 0 heterocycles. The van der Waals surface area contributed by atoms with Crippen molar-refractivity contribution in [1.82, 2.24) is 0 Å². The zero-order valence-electron chi connectivity index (χ0n) is 7.58. The molecule has 0 radical (unpaired) electrons. The lowest BCUT2D eigenvalue weighted by molar-refractivity contribution is 0.154. The topological polar surface area (TPSA) is 72.6 Å². The first-order valence-corrected chi connectivity index (χ1v) is 4.26. The number of carbonyl (C=O) groups is 1. The Labute approximate surface area is 78.1 Å². The summed E-state index contributed by atoms with van der Waals surface area (Å²) in [5.41, 5.74) is 4.76. The number of amides is 1. The van der Waals surface area contributed by atoms with Gasteiger partial charge in [-0.2, -0.15) is 0 Å². The zero-order valence-corrected chi connectivity index (χ0v) is 7.58. The number of hydrogen-bond acceptors (Lipinski definition) is 3. The van der Waals surface area contributed by atoms with Crippen LogP contribution in [0.4, 0.5) is 4.79 Å². The Kier molecular flexibility index (Phi) is 8.06. The van der Waals surface area contributed by atoms with E-state index in [1.807, 2.05) is 0 Å². The van der Waals surface area contributed by atoms with Crippen molar-refractivity contribution < 1.29 is 14.6 Å². The van der Waals surface area contributed by atoms with Gasteiger partial charge in [-0.3, -0.25) is 0 Å². The van der Waals surface area contributed by atoms with Crippen molar-refractivity contribution in [1.29, 1.82) is 0 Å². The number of aliphatic hydroxyl groups excluding tert-OH is 1. The van der Waals surface area contributed by atoms with Gasteiger partial charge in [0.2, 0.25) is 0 Å². The fourth-order valence-electron chi connectivity index (χ4n) is 0.809. The second-order valence-corrected chi connectivity index (χ2v) is 2.49. The molecule has 0 rings (SSSR count). The van der Waals surface area contributed by atoms with Gasteiger partial charge < -0.3 is 15.6 Å². The minimum Gasteiger partial charge on any atom is -0.450 e. The molecule has 0 fully saturated rings. The van der Waals surface area contributed by atoms with E-state index in [-0.39, 0.29) is 6.61 Å². The average molecular weight is 185 g/mol. The predicted molar refractivity (Wildman–Crippen MR) is 48.9 cm³/mol. The molecule has 4 heteroatoms. The molecule has 13 heavy (non-hydrogen) atoms. The van der Waals surface area contributed by atoms with Gasteiger partial charge in [-0.25, -0.2) is 4.79 Å². The third-order valence-corrected chi connectivity index (χ3v) is 1.39. The van der Waals surface area contributed by atoms with Crippen LogP contribution in [0.3, 0.4) is 0 Å². The SMILES string of the molecule is NC(=O)OCCCCCC#CCO. The molecule has 0 aliphatic carbocycles. The molecule has 4 nitrogen and oxygen atoms in total. The van der Waals surface area contributed by atoms with Crippen LogP contribution in [-0.4, -0.2) is 24.4 Å². The number of aliphatic hydroxyl groups is 1. The summed E-state index contributed by atoms with van der Waals surface area (Å²) in [6.45, 7) is 0.299. The van der Waals surface area contributed by atoms with E-state index in [2.05, 4.69) is 16.6 Å². The predicted octanol–water partition coefficient (Wildman–Crippen LogP) is 0.638.